The van der Waals surface area contributed by atoms with Crippen LogP contribution in [-0.4, -0.2) is 204 Å². The van der Waals surface area contributed by atoms with E-state index in [4.69, 9.17) is 42.2 Å². The lowest BCUT2D eigenvalue weighted by Gasteiger charge is -2.49. The van der Waals surface area contributed by atoms with E-state index in [9.17, 15) is 74.9 Å². The first-order valence-electron chi connectivity index (χ1n) is 36.2. The normalized spacial score (nSPS) is 28.8. The molecule has 1 aliphatic carbocycles. The lowest BCUT2D eigenvalue weighted by atomic mass is 9.84. The van der Waals surface area contributed by atoms with Gasteiger partial charge in [0.25, 0.3) is 0 Å². The van der Waals surface area contributed by atoms with Crippen molar-refractivity contribution in [2.75, 3.05) is 26.4 Å². The van der Waals surface area contributed by atoms with Crippen molar-refractivity contribution in [1.82, 2.24) is 0 Å². The summed E-state index contributed by atoms with van der Waals surface area (Å²) in [5, 5.41) is 110. The third-order valence-corrected chi connectivity index (χ3v) is 19.3. The predicted octanol–water partition coefficient (Wildman–Crippen LogP) is 8.87. The van der Waals surface area contributed by atoms with E-state index >= 15 is 0 Å². The SMILES string of the molecule is CCCCCCCCCCCCCC(=O)OCC(COP(=O)(O)OC1C(OC2OC(CO)C(O)C(O)C2O)C(O)C(O)C(O)C1OC1OC(COC(=O)CCCCCCCCCCCCC)C(O)C(O)C1O)OC(=O)CCCCCCCCC(C)CCCCCCCC. The number of ether oxygens (including phenoxy) is 7. The Balaban J connectivity index is 1.77. The number of aliphatic hydroxyl groups is 10. The Labute approximate surface area is 555 Å². The second-order valence-corrected chi connectivity index (χ2v) is 28.0. The molecule has 0 radical (unpaired) electrons. The van der Waals surface area contributed by atoms with Crippen molar-refractivity contribution in [3.8, 4) is 0 Å². The van der Waals surface area contributed by atoms with Gasteiger partial charge in [0, 0.05) is 19.3 Å². The van der Waals surface area contributed by atoms with Gasteiger partial charge in [-0.2, -0.15) is 0 Å². The molecule has 93 heavy (non-hydrogen) atoms. The highest BCUT2D eigenvalue weighted by molar-refractivity contribution is 7.47. The van der Waals surface area contributed by atoms with E-state index in [2.05, 4.69) is 27.7 Å². The molecule has 3 aliphatic rings. The number of phosphoric ester groups is 1. The van der Waals surface area contributed by atoms with Gasteiger partial charge in [0.1, 0.15) is 98.7 Å². The Morgan fingerprint density at radius 2 is 0.753 bits per heavy atom. The van der Waals surface area contributed by atoms with Gasteiger partial charge in [-0.15, -0.1) is 0 Å². The second-order valence-electron chi connectivity index (χ2n) is 26.6. The van der Waals surface area contributed by atoms with Crippen molar-refractivity contribution in [3.05, 3.63) is 0 Å². The minimum Gasteiger partial charge on any atom is -0.463 e. The van der Waals surface area contributed by atoms with Gasteiger partial charge in [0.15, 0.2) is 18.7 Å². The molecule has 0 bridgehead atoms. The van der Waals surface area contributed by atoms with Crippen LogP contribution in [0.2, 0.25) is 0 Å². The summed E-state index contributed by atoms with van der Waals surface area (Å²) in [5.41, 5.74) is 0. The molecule has 11 N–H and O–H groups in total. The average Bonchev–Trinajstić information content (AvgIpc) is 0.822. The van der Waals surface area contributed by atoms with E-state index < -0.39 is 156 Å². The zero-order valence-electron chi connectivity index (χ0n) is 57.0. The molecule has 2 heterocycles. The maximum Gasteiger partial charge on any atom is 0.472 e. The highest BCUT2D eigenvalue weighted by Gasteiger charge is 2.58. The van der Waals surface area contributed by atoms with Crippen molar-refractivity contribution >= 4 is 25.7 Å². The molecule has 2 saturated heterocycles. The smallest absolute Gasteiger partial charge is 0.463 e. The van der Waals surface area contributed by atoms with Gasteiger partial charge in [-0.3, -0.25) is 23.4 Å². The van der Waals surface area contributed by atoms with E-state index in [0.29, 0.717) is 25.2 Å². The fourth-order valence-electron chi connectivity index (χ4n) is 12.2. The Kier molecular flexibility index (Phi) is 46.1. The van der Waals surface area contributed by atoms with Crippen LogP contribution in [0.3, 0.4) is 0 Å². The summed E-state index contributed by atoms with van der Waals surface area (Å²) in [7, 11) is -5.69. The van der Waals surface area contributed by atoms with Crippen molar-refractivity contribution in [2.24, 2.45) is 5.92 Å². The molecule has 1 saturated carbocycles. The van der Waals surface area contributed by atoms with E-state index in [0.717, 1.165) is 96.3 Å². The maximum absolute atomic E-state index is 14.3. The molecule has 0 aromatic carbocycles. The molecule has 0 spiro atoms. The van der Waals surface area contributed by atoms with Crippen molar-refractivity contribution in [3.63, 3.8) is 0 Å². The Morgan fingerprint density at radius 3 is 1.16 bits per heavy atom. The number of phosphoric acid groups is 1. The largest absolute Gasteiger partial charge is 0.472 e. The highest BCUT2D eigenvalue weighted by Crippen LogP contribution is 2.49. The van der Waals surface area contributed by atoms with Gasteiger partial charge in [0.05, 0.1) is 13.2 Å². The highest BCUT2D eigenvalue weighted by atomic mass is 31.2. The van der Waals surface area contributed by atoms with Crippen LogP contribution in [0.1, 0.15) is 278 Å². The molecule has 3 rings (SSSR count). The topological polar surface area (TPSA) is 374 Å². The lowest BCUT2D eigenvalue weighted by molar-refractivity contribution is -0.360. The lowest BCUT2D eigenvalue weighted by Crippen LogP contribution is -2.69. The molecule has 548 valence electrons. The first-order valence-corrected chi connectivity index (χ1v) is 37.7. The quantitative estimate of drug-likeness (QED) is 0.0117. The molecule has 0 aromatic heterocycles. The van der Waals surface area contributed by atoms with Gasteiger partial charge >= 0.3 is 25.7 Å². The summed E-state index contributed by atoms with van der Waals surface area (Å²) >= 11 is 0. The van der Waals surface area contributed by atoms with Crippen LogP contribution in [0.25, 0.3) is 0 Å². The number of esters is 3. The van der Waals surface area contributed by atoms with Crippen LogP contribution in [0.4, 0.5) is 0 Å². The van der Waals surface area contributed by atoms with Gasteiger partial charge in [-0.1, -0.05) is 240 Å². The number of aliphatic hydroxyl groups excluding tert-OH is 10. The molecule has 0 amide bonds. The zero-order valence-corrected chi connectivity index (χ0v) is 57.9. The van der Waals surface area contributed by atoms with E-state index in [1.165, 1.54) is 116 Å². The van der Waals surface area contributed by atoms with Crippen LogP contribution in [0.5, 0.6) is 0 Å². The fourth-order valence-corrected chi connectivity index (χ4v) is 13.2. The van der Waals surface area contributed by atoms with Crippen molar-refractivity contribution < 1.29 is 117 Å². The Hall–Kier alpha value is -2.04. The van der Waals surface area contributed by atoms with Gasteiger partial charge < -0.3 is 89.1 Å². The Bertz CT molecular complexity index is 1960. The number of hydrogen-bond acceptors (Lipinski definition) is 23. The third-order valence-electron chi connectivity index (χ3n) is 18.3. The first kappa shape index (κ1) is 85.2. The summed E-state index contributed by atoms with van der Waals surface area (Å²) in [6, 6.07) is 0. The molecular weight excluding hydrogens is 1230 g/mol. The zero-order chi connectivity index (χ0) is 68.4. The minimum atomic E-state index is -5.69. The molecule has 25 heteroatoms. The minimum absolute atomic E-state index is 0.0322. The molecule has 19 atom stereocenters. The number of hydrogen-bond donors (Lipinski definition) is 11. The van der Waals surface area contributed by atoms with Crippen LogP contribution in [0.15, 0.2) is 0 Å². The predicted molar refractivity (Wildman–Crippen MR) is 347 cm³/mol. The number of rotatable bonds is 55. The number of carbonyl (C=O) groups is 3. The first-order chi connectivity index (χ1) is 44.7. The molecular formula is C68H127O24P. The van der Waals surface area contributed by atoms with Gasteiger partial charge in [-0.05, 0) is 25.2 Å². The summed E-state index contributed by atoms with van der Waals surface area (Å²) in [6.07, 6.45) is 3.53. The Morgan fingerprint density at radius 1 is 0.409 bits per heavy atom. The maximum atomic E-state index is 14.3. The van der Waals surface area contributed by atoms with E-state index in [-0.39, 0.29) is 19.3 Å². The summed E-state index contributed by atoms with van der Waals surface area (Å²) in [6.45, 7) is 5.73. The standard InChI is InChI=1S/C68H127O24P/c1-5-8-11-14-17-19-21-23-25-31-36-41-52(70)84-45-49(87-54(72)43-38-33-28-27-30-35-40-48(4)39-34-29-16-13-10-7-3)46-86-93(82,83)92-66-64(90-67-62(80)57(75)55(73)50(44-69)88-67)60(78)59(77)61(79)65(66)91-68-63(81)58(76)56(74)51(89-68)47-85-53(71)42-37-32-26-24-22-20-18-15-12-9-6-2/h48-51,55-69,73-81H,5-47H2,1-4H3,(H,82,83). The number of unbranched alkanes of at least 4 members (excludes halogenated alkanes) is 30. The van der Waals surface area contributed by atoms with E-state index in [1.807, 2.05) is 0 Å². The molecule has 2 aliphatic heterocycles. The molecule has 19 unspecified atom stereocenters. The summed E-state index contributed by atoms with van der Waals surface area (Å²) in [4.78, 5) is 50.9. The van der Waals surface area contributed by atoms with Crippen molar-refractivity contribution in [1.29, 1.82) is 0 Å². The van der Waals surface area contributed by atoms with E-state index in [1.54, 1.807) is 0 Å². The summed E-state index contributed by atoms with van der Waals surface area (Å²) in [5.74, 6) is -1.30. The third kappa shape index (κ3) is 34.5. The molecule has 24 nitrogen and oxygen atoms in total. The summed E-state index contributed by atoms with van der Waals surface area (Å²) < 4.78 is 64.9. The van der Waals surface area contributed by atoms with Crippen LogP contribution < -0.4 is 0 Å². The molecule has 0 aromatic rings. The second kappa shape index (κ2) is 50.3. The van der Waals surface area contributed by atoms with Crippen LogP contribution >= 0.6 is 7.82 Å². The monoisotopic (exact) mass is 1360 g/mol. The van der Waals surface area contributed by atoms with Crippen LogP contribution in [0, 0.1) is 5.92 Å². The van der Waals surface area contributed by atoms with Crippen LogP contribution in [-0.2, 0) is 61.2 Å². The molecule has 3 fully saturated rings. The van der Waals surface area contributed by atoms with Gasteiger partial charge in [-0.25, -0.2) is 4.57 Å². The average molecular weight is 1360 g/mol. The fraction of sp³-hybridized carbons (Fsp3) is 0.956. The number of carbonyl (C=O) groups excluding carboxylic acids is 3. The van der Waals surface area contributed by atoms with Gasteiger partial charge in [0.2, 0.25) is 0 Å². The van der Waals surface area contributed by atoms with Crippen molar-refractivity contribution in [2.45, 2.75) is 382 Å².